The van der Waals surface area contributed by atoms with Crippen LogP contribution in [0.2, 0.25) is 0 Å². The number of amides is 1. The van der Waals surface area contributed by atoms with E-state index in [9.17, 15) is 13.6 Å². The Balaban J connectivity index is 1.46. The summed E-state index contributed by atoms with van der Waals surface area (Å²) in [6.45, 7) is 2.50. The molecule has 0 spiro atoms. The second kappa shape index (κ2) is 8.33. The van der Waals surface area contributed by atoms with Gasteiger partial charge in [-0.3, -0.25) is 14.8 Å². The van der Waals surface area contributed by atoms with Gasteiger partial charge in [0.2, 0.25) is 5.91 Å². The first-order chi connectivity index (χ1) is 14.4. The van der Waals surface area contributed by atoms with E-state index in [-0.39, 0.29) is 23.1 Å². The number of hydrogen-bond acceptors (Lipinski definition) is 6. The summed E-state index contributed by atoms with van der Waals surface area (Å²) in [5.41, 5.74) is 1.80. The second-order valence-corrected chi connectivity index (χ2v) is 9.02. The van der Waals surface area contributed by atoms with Crippen LogP contribution in [0.25, 0.3) is 11.1 Å². The molecular formula is C21H20F2N4OS2. The third-order valence-electron chi connectivity index (χ3n) is 5.16. The Labute approximate surface area is 181 Å². The molecule has 1 aliphatic heterocycles. The van der Waals surface area contributed by atoms with E-state index >= 15 is 0 Å². The molecule has 2 N–H and O–H groups in total. The number of benzene rings is 2. The molecule has 4 rings (SSSR count). The fourth-order valence-corrected chi connectivity index (χ4v) is 4.84. The molecule has 1 aliphatic rings. The summed E-state index contributed by atoms with van der Waals surface area (Å²) in [7, 11) is 1.67. The van der Waals surface area contributed by atoms with E-state index in [1.807, 2.05) is 13.0 Å². The number of aromatic nitrogens is 1. The van der Waals surface area contributed by atoms with Crippen molar-refractivity contribution in [3.05, 3.63) is 59.8 Å². The number of nitrogens with two attached hydrogens (primary N) is 1. The van der Waals surface area contributed by atoms with Gasteiger partial charge in [0.1, 0.15) is 11.6 Å². The molecule has 0 saturated carbocycles. The predicted octanol–water partition coefficient (Wildman–Crippen LogP) is 4.46. The van der Waals surface area contributed by atoms with Crippen LogP contribution in [0.5, 0.6) is 0 Å². The van der Waals surface area contributed by atoms with Crippen molar-refractivity contribution >= 4 is 40.0 Å². The molecule has 0 atom stereocenters. The summed E-state index contributed by atoms with van der Waals surface area (Å²) in [5.74, 6) is -1.40. The van der Waals surface area contributed by atoms with Crippen LogP contribution >= 0.6 is 23.3 Å². The third kappa shape index (κ3) is 3.80. The molecule has 1 aromatic heterocycles. The quantitative estimate of drug-likeness (QED) is 0.587. The van der Waals surface area contributed by atoms with E-state index in [4.69, 9.17) is 5.14 Å². The average Bonchev–Trinajstić information content (AvgIpc) is 3.09. The highest BCUT2D eigenvalue weighted by Crippen LogP contribution is 2.35. The maximum atomic E-state index is 14.7. The molecule has 0 unspecified atom stereocenters. The molecule has 156 valence electrons. The molecule has 1 amide bonds. The van der Waals surface area contributed by atoms with Crippen LogP contribution in [-0.2, 0) is 4.79 Å². The first-order valence-electron chi connectivity index (χ1n) is 9.30. The van der Waals surface area contributed by atoms with E-state index in [0.29, 0.717) is 23.8 Å². The monoisotopic (exact) mass is 446 g/mol. The summed E-state index contributed by atoms with van der Waals surface area (Å²) in [5, 5.41) is 6.18. The molecule has 1 saturated heterocycles. The minimum absolute atomic E-state index is 0.102. The van der Waals surface area contributed by atoms with E-state index in [2.05, 4.69) is 4.98 Å². The number of halogens is 2. The van der Waals surface area contributed by atoms with Gasteiger partial charge in [-0.2, -0.15) is 0 Å². The highest BCUT2D eigenvalue weighted by atomic mass is 32.2. The Hall–Kier alpha value is -2.49. The third-order valence-corrected chi connectivity index (χ3v) is 7.24. The predicted molar refractivity (Wildman–Crippen MR) is 118 cm³/mol. The Bertz CT molecular complexity index is 1080. The molecule has 2 aromatic carbocycles. The van der Waals surface area contributed by atoms with Gasteiger partial charge in [-0.15, -0.1) is 0 Å². The maximum absolute atomic E-state index is 14.7. The zero-order valence-corrected chi connectivity index (χ0v) is 18.1. The SMILES string of the molecule is Cc1nc(N(C)C(=O)C2CN(c3cc(F)c(-c4ccccc4)cc3F)C2)sc1SN. The van der Waals surface area contributed by atoms with Crippen LogP contribution in [0.3, 0.4) is 0 Å². The van der Waals surface area contributed by atoms with Gasteiger partial charge in [-0.05, 0) is 30.5 Å². The van der Waals surface area contributed by atoms with Crippen molar-refractivity contribution in [2.24, 2.45) is 11.1 Å². The fourth-order valence-electron chi connectivity index (χ4n) is 3.44. The molecule has 9 heteroatoms. The number of thiazole rings is 1. The van der Waals surface area contributed by atoms with Crippen LogP contribution in [0.1, 0.15) is 5.69 Å². The maximum Gasteiger partial charge on any atom is 0.235 e. The zero-order chi connectivity index (χ0) is 21.4. The number of carbonyl (C=O) groups is 1. The molecule has 0 radical (unpaired) electrons. The molecule has 2 heterocycles. The average molecular weight is 447 g/mol. The van der Waals surface area contributed by atoms with Crippen molar-refractivity contribution in [2.45, 2.75) is 11.1 Å². The van der Waals surface area contributed by atoms with Crippen molar-refractivity contribution in [1.82, 2.24) is 4.98 Å². The van der Waals surface area contributed by atoms with Crippen LogP contribution in [-0.4, -0.2) is 31.0 Å². The lowest BCUT2D eigenvalue weighted by atomic mass is 9.96. The molecule has 0 aliphatic carbocycles. The van der Waals surface area contributed by atoms with E-state index in [1.54, 1.807) is 36.2 Å². The number of carbonyl (C=O) groups excluding carboxylic acids is 1. The smallest absolute Gasteiger partial charge is 0.235 e. The number of aryl methyl sites for hydroxylation is 1. The van der Waals surface area contributed by atoms with Gasteiger partial charge in [-0.25, -0.2) is 13.8 Å². The van der Waals surface area contributed by atoms with Gasteiger partial charge in [0.05, 0.1) is 21.5 Å². The van der Waals surface area contributed by atoms with Crippen molar-refractivity contribution < 1.29 is 13.6 Å². The standard InChI is InChI=1S/C21H20F2N4OS2/c1-12-20(30-24)29-21(25-12)26(2)19(28)14-10-27(11-14)18-9-16(22)15(8-17(18)23)13-6-4-3-5-7-13/h3-9,14H,10-11,24H2,1-2H3. The Morgan fingerprint density at radius 1 is 1.23 bits per heavy atom. The molecule has 3 aromatic rings. The van der Waals surface area contributed by atoms with E-state index in [0.717, 1.165) is 21.9 Å². The molecule has 5 nitrogen and oxygen atoms in total. The molecular weight excluding hydrogens is 426 g/mol. The Kier molecular flexibility index (Phi) is 5.77. The van der Waals surface area contributed by atoms with E-state index in [1.165, 1.54) is 28.4 Å². The number of anilines is 2. The van der Waals surface area contributed by atoms with Crippen molar-refractivity contribution in [3.63, 3.8) is 0 Å². The van der Waals surface area contributed by atoms with Gasteiger partial charge in [0, 0.05) is 31.8 Å². The summed E-state index contributed by atoms with van der Waals surface area (Å²) in [6.07, 6.45) is 0. The topological polar surface area (TPSA) is 62.5 Å². The van der Waals surface area contributed by atoms with Crippen molar-refractivity contribution in [3.8, 4) is 11.1 Å². The zero-order valence-electron chi connectivity index (χ0n) is 16.4. The van der Waals surface area contributed by atoms with E-state index < -0.39 is 11.6 Å². The second-order valence-electron chi connectivity index (χ2n) is 7.14. The van der Waals surface area contributed by atoms with Gasteiger partial charge in [0.15, 0.2) is 5.13 Å². The van der Waals surface area contributed by atoms with Crippen molar-refractivity contribution in [2.75, 3.05) is 29.9 Å². The van der Waals surface area contributed by atoms with Crippen LogP contribution in [0.4, 0.5) is 19.6 Å². The first kappa shape index (κ1) is 20.8. The lowest BCUT2D eigenvalue weighted by Gasteiger charge is -2.41. The lowest BCUT2D eigenvalue weighted by molar-refractivity contribution is -0.122. The van der Waals surface area contributed by atoms with Gasteiger partial charge in [0.25, 0.3) is 0 Å². The highest BCUT2D eigenvalue weighted by molar-refractivity contribution is 7.99. The fraction of sp³-hybridized carbons (Fsp3) is 0.238. The number of rotatable bonds is 5. The van der Waals surface area contributed by atoms with Gasteiger partial charge >= 0.3 is 0 Å². The molecule has 0 bridgehead atoms. The lowest BCUT2D eigenvalue weighted by Crippen LogP contribution is -2.54. The van der Waals surface area contributed by atoms with Gasteiger partial charge in [-0.1, -0.05) is 41.7 Å². The largest absolute Gasteiger partial charge is 0.367 e. The molecule has 30 heavy (non-hydrogen) atoms. The number of nitrogens with zero attached hydrogens (tertiary/aromatic N) is 3. The van der Waals surface area contributed by atoms with Crippen LogP contribution in [0, 0.1) is 24.5 Å². The first-order valence-corrected chi connectivity index (χ1v) is 11.0. The Morgan fingerprint density at radius 2 is 1.93 bits per heavy atom. The molecule has 1 fully saturated rings. The minimum atomic E-state index is -0.505. The summed E-state index contributed by atoms with van der Waals surface area (Å²) < 4.78 is 30.2. The normalized spacial score (nSPS) is 14.0. The van der Waals surface area contributed by atoms with Crippen LogP contribution < -0.4 is 14.9 Å². The Morgan fingerprint density at radius 3 is 2.57 bits per heavy atom. The minimum Gasteiger partial charge on any atom is -0.367 e. The van der Waals surface area contributed by atoms with Gasteiger partial charge < -0.3 is 4.90 Å². The summed E-state index contributed by atoms with van der Waals surface area (Å²) in [6, 6.07) is 11.3. The summed E-state index contributed by atoms with van der Waals surface area (Å²) in [4.78, 5) is 20.3. The summed E-state index contributed by atoms with van der Waals surface area (Å²) >= 11 is 2.46. The number of hydrogen-bond donors (Lipinski definition) is 1. The highest BCUT2D eigenvalue weighted by Gasteiger charge is 2.37. The van der Waals surface area contributed by atoms with Crippen LogP contribution in [0.15, 0.2) is 46.7 Å². The van der Waals surface area contributed by atoms with Crippen molar-refractivity contribution in [1.29, 1.82) is 0 Å².